The molecule has 0 fully saturated rings. The van der Waals surface area contributed by atoms with Gasteiger partial charge in [0.1, 0.15) is 6.04 Å². The van der Waals surface area contributed by atoms with E-state index in [1.807, 2.05) is 16.8 Å². The van der Waals surface area contributed by atoms with Crippen LogP contribution >= 0.6 is 11.3 Å². The summed E-state index contributed by atoms with van der Waals surface area (Å²) >= 11 is 1.68. The van der Waals surface area contributed by atoms with Gasteiger partial charge in [-0.15, -0.1) is 11.3 Å². The lowest BCUT2D eigenvalue weighted by molar-refractivity contribution is -0.676. The second kappa shape index (κ2) is 9.20. The summed E-state index contributed by atoms with van der Waals surface area (Å²) in [5.74, 6) is -0.515. The maximum absolute atomic E-state index is 11.8. The fraction of sp³-hybridized carbons (Fsp3) is 0.333. The fourth-order valence-electron chi connectivity index (χ4n) is 2.50. The van der Waals surface area contributed by atoms with Crippen molar-refractivity contribution >= 4 is 23.2 Å². The molecule has 0 spiro atoms. The Hall–Kier alpha value is -2.18. The molecule has 1 heterocycles. The lowest BCUT2D eigenvalue weighted by Crippen LogP contribution is -2.88. The first-order valence-electron chi connectivity index (χ1n) is 8.11. The average molecular weight is 346 g/mol. The fourth-order valence-corrected chi connectivity index (χ4v) is 3.35. The summed E-state index contributed by atoms with van der Waals surface area (Å²) in [6.45, 7) is 3.76. The molecule has 0 aliphatic rings. The highest BCUT2D eigenvalue weighted by molar-refractivity contribution is 7.10. The zero-order valence-corrected chi connectivity index (χ0v) is 14.9. The summed E-state index contributed by atoms with van der Waals surface area (Å²) in [6.07, 6.45) is 2.20. The van der Waals surface area contributed by atoms with Crippen LogP contribution in [0.15, 0.2) is 41.8 Å². The van der Waals surface area contributed by atoms with Gasteiger partial charge in [0.25, 0.3) is 5.91 Å². The number of benzene rings is 1. The van der Waals surface area contributed by atoms with Gasteiger partial charge in [-0.25, -0.2) is 0 Å². The van der Waals surface area contributed by atoms with Crippen molar-refractivity contribution in [2.24, 2.45) is 0 Å². The molecule has 0 unspecified atom stereocenters. The Kier molecular flexibility index (Phi) is 6.96. The first kappa shape index (κ1) is 18.2. The SMILES string of the molecule is CCCc1ccc([C@@H]([NH2+]CC(=O)NNC(C)=O)c2cccs2)cc1. The third-order valence-electron chi connectivity index (χ3n) is 3.64. The maximum atomic E-state index is 11.8. The highest BCUT2D eigenvalue weighted by Gasteiger charge is 2.20. The minimum Gasteiger partial charge on any atom is -0.328 e. The molecular formula is C18H24N3O2S+. The average Bonchev–Trinajstić information content (AvgIpc) is 3.09. The van der Waals surface area contributed by atoms with E-state index in [0.717, 1.165) is 12.8 Å². The van der Waals surface area contributed by atoms with Gasteiger partial charge in [-0.05, 0) is 23.4 Å². The van der Waals surface area contributed by atoms with Crippen LogP contribution in [-0.2, 0) is 16.0 Å². The first-order valence-corrected chi connectivity index (χ1v) is 8.99. The number of quaternary nitrogens is 1. The Morgan fingerprint density at radius 2 is 1.92 bits per heavy atom. The number of amides is 2. The van der Waals surface area contributed by atoms with Gasteiger partial charge in [0.05, 0.1) is 4.88 Å². The number of aryl methyl sites for hydroxylation is 1. The Morgan fingerprint density at radius 3 is 2.50 bits per heavy atom. The van der Waals surface area contributed by atoms with Crippen molar-refractivity contribution in [2.45, 2.75) is 32.7 Å². The van der Waals surface area contributed by atoms with Crippen molar-refractivity contribution in [2.75, 3.05) is 6.54 Å². The van der Waals surface area contributed by atoms with Gasteiger partial charge >= 0.3 is 0 Å². The summed E-state index contributed by atoms with van der Waals surface area (Å²) in [5.41, 5.74) is 7.20. The molecule has 0 saturated carbocycles. The third-order valence-corrected chi connectivity index (χ3v) is 4.60. The van der Waals surface area contributed by atoms with E-state index in [-0.39, 0.29) is 24.4 Å². The van der Waals surface area contributed by atoms with Crippen molar-refractivity contribution in [1.29, 1.82) is 0 Å². The zero-order chi connectivity index (χ0) is 17.4. The Morgan fingerprint density at radius 1 is 1.17 bits per heavy atom. The molecule has 0 radical (unpaired) electrons. The molecule has 0 bridgehead atoms. The Balaban J connectivity index is 2.05. The summed E-state index contributed by atoms with van der Waals surface area (Å²) in [7, 11) is 0. The van der Waals surface area contributed by atoms with Crippen LogP contribution in [0.25, 0.3) is 0 Å². The van der Waals surface area contributed by atoms with Crippen molar-refractivity contribution in [1.82, 2.24) is 10.9 Å². The van der Waals surface area contributed by atoms with Gasteiger partial charge in [0.2, 0.25) is 5.91 Å². The van der Waals surface area contributed by atoms with E-state index < -0.39 is 0 Å². The predicted octanol–water partition coefficient (Wildman–Crippen LogP) is 1.52. The van der Waals surface area contributed by atoms with Crippen LogP contribution in [-0.4, -0.2) is 18.4 Å². The molecule has 1 aromatic carbocycles. The molecule has 128 valence electrons. The van der Waals surface area contributed by atoms with Gasteiger partial charge in [0, 0.05) is 12.5 Å². The number of nitrogens with two attached hydrogens (primary N) is 1. The Bertz CT molecular complexity index is 653. The molecule has 2 amide bonds. The summed E-state index contributed by atoms with van der Waals surface area (Å²) < 4.78 is 0. The maximum Gasteiger partial charge on any atom is 0.293 e. The predicted molar refractivity (Wildman–Crippen MR) is 95.4 cm³/mol. The number of carbonyl (C=O) groups is 2. The molecule has 0 aliphatic heterocycles. The highest BCUT2D eigenvalue weighted by atomic mass is 32.1. The molecule has 24 heavy (non-hydrogen) atoms. The zero-order valence-electron chi connectivity index (χ0n) is 14.0. The molecule has 1 aromatic heterocycles. The lowest BCUT2D eigenvalue weighted by Gasteiger charge is -2.15. The smallest absolute Gasteiger partial charge is 0.293 e. The van der Waals surface area contributed by atoms with Crippen LogP contribution in [0.1, 0.15) is 42.3 Å². The van der Waals surface area contributed by atoms with E-state index in [4.69, 9.17) is 0 Å². The highest BCUT2D eigenvalue weighted by Crippen LogP contribution is 2.23. The number of carbonyl (C=O) groups excluding carboxylic acids is 2. The van der Waals surface area contributed by atoms with E-state index in [2.05, 4.69) is 48.1 Å². The van der Waals surface area contributed by atoms with Crippen molar-refractivity contribution < 1.29 is 14.9 Å². The van der Waals surface area contributed by atoms with Crippen molar-refractivity contribution in [3.8, 4) is 0 Å². The van der Waals surface area contributed by atoms with E-state index in [1.54, 1.807) is 11.3 Å². The van der Waals surface area contributed by atoms with Gasteiger partial charge in [-0.3, -0.25) is 20.4 Å². The van der Waals surface area contributed by atoms with Crippen LogP contribution in [0.3, 0.4) is 0 Å². The number of hydrogen-bond acceptors (Lipinski definition) is 3. The van der Waals surface area contributed by atoms with E-state index in [0.29, 0.717) is 0 Å². The summed E-state index contributed by atoms with van der Waals surface area (Å²) in [4.78, 5) is 23.9. The number of thiophene rings is 1. The van der Waals surface area contributed by atoms with E-state index in [1.165, 1.54) is 22.9 Å². The topological polar surface area (TPSA) is 74.8 Å². The molecule has 6 heteroatoms. The number of rotatable bonds is 7. The summed E-state index contributed by atoms with van der Waals surface area (Å²) in [6, 6.07) is 12.8. The van der Waals surface area contributed by atoms with Gasteiger partial charge in [-0.2, -0.15) is 0 Å². The number of nitrogens with one attached hydrogen (secondary N) is 2. The van der Waals surface area contributed by atoms with Gasteiger partial charge in [-0.1, -0.05) is 43.7 Å². The third kappa shape index (κ3) is 5.47. The summed E-state index contributed by atoms with van der Waals surface area (Å²) in [5, 5.41) is 4.02. The standard InChI is InChI=1S/C18H23N3O2S/c1-3-5-14-7-9-15(10-8-14)18(16-6-4-11-24-16)19-12-17(23)21-20-13(2)22/h4,6-11,18-19H,3,5,12H2,1-2H3,(H,20,22)(H,21,23)/p+1/t18-/m1/s1. The molecule has 2 rings (SSSR count). The second-order valence-electron chi connectivity index (χ2n) is 5.65. The van der Waals surface area contributed by atoms with Crippen LogP contribution < -0.4 is 16.2 Å². The van der Waals surface area contributed by atoms with E-state index >= 15 is 0 Å². The van der Waals surface area contributed by atoms with Gasteiger partial charge < -0.3 is 5.32 Å². The van der Waals surface area contributed by atoms with Crippen molar-refractivity contribution in [3.63, 3.8) is 0 Å². The van der Waals surface area contributed by atoms with Crippen LogP contribution in [0.2, 0.25) is 0 Å². The molecule has 0 saturated heterocycles. The molecule has 1 atom stereocenters. The minimum atomic E-state index is -0.287. The quantitative estimate of drug-likeness (QED) is 0.665. The second-order valence-corrected chi connectivity index (χ2v) is 6.63. The first-order chi connectivity index (χ1) is 11.6. The lowest BCUT2D eigenvalue weighted by atomic mass is 10.0. The largest absolute Gasteiger partial charge is 0.328 e. The van der Waals surface area contributed by atoms with Gasteiger partial charge in [0.15, 0.2) is 6.54 Å². The van der Waals surface area contributed by atoms with Crippen LogP contribution in [0.4, 0.5) is 0 Å². The molecule has 5 nitrogen and oxygen atoms in total. The molecule has 0 aliphatic carbocycles. The monoisotopic (exact) mass is 346 g/mol. The van der Waals surface area contributed by atoms with Crippen molar-refractivity contribution in [3.05, 3.63) is 57.8 Å². The Labute approximate surface area is 146 Å². The molecular weight excluding hydrogens is 322 g/mol. The van der Waals surface area contributed by atoms with E-state index in [9.17, 15) is 9.59 Å². The minimum absolute atomic E-state index is 0.0729. The normalized spacial score (nSPS) is 11.8. The van der Waals surface area contributed by atoms with Crippen LogP contribution in [0, 0.1) is 0 Å². The number of hydrazine groups is 1. The number of hydrogen-bond donors (Lipinski definition) is 3. The molecule has 4 N–H and O–H groups in total. The molecule has 2 aromatic rings. The van der Waals surface area contributed by atoms with Crippen LogP contribution in [0.5, 0.6) is 0 Å².